The second-order valence-corrected chi connectivity index (χ2v) is 9.33. The van der Waals surface area contributed by atoms with E-state index in [0.717, 1.165) is 37.7 Å². The predicted molar refractivity (Wildman–Crippen MR) is 111 cm³/mol. The standard InChI is InChI=1S/C22H38O4S.Na/c1-5-8-10-12-15-19-16-14-18-21(20(19)17-13-11-9-6-2)26-22(4,7-3)27(23,24)25;/h14,16,18H,5-13,15,17H2,1-4H3,(H,23,24,25);/q;+1/p-1. The summed E-state index contributed by atoms with van der Waals surface area (Å²) in [5.74, 6) is 0.559. The zero-order valence-electron chi connectivity index (χ0n) is 18.6. The Balaban J connectivity index is 0.00000729. The second kappa shape index (κ2) is 14.0. The number of ether oxygens (including phenoxy) is 1. The minimum absolute atomic E-state index is 0. The Bertz CT molecular complexity index is 661. The molecule has 0 saturated carbocycles. The van der Waals surface area contributed by atoms with E-state index in [-0.39, 0.29) is 36.0 Å². The third-order valence-electron chi connectivity index (χ3n) is 5.31. The minimum Gasteiger partial charge on any atom is -0.745 e. The molecule has 156 valence electrons. The first-order chi connectivity index (χ1) is 12.8. The maximum Gasteiger partial charge on any atom is 1.00 e. The Morgan fingerprint density at radius 1 is 0.929 bits per heavy atom. The number of unbranched alkanes of at least 4 members (excludes halogenated alkanes) is 6. The van der Waals surface area contributed by atoms with Crippen LogP contribution in [0.5, 0.6) is 5.75 Å². The molecule has 0 saturated heterocycles. The van der Waals surface area contributed by atoms with E-state index in [2.05, 4.69) is 19.9 Å². The van der Waals surface area contributed by atoms with Gasteiger partial charge in [0.05, 0.1) is 0 Å². The van der Waals surface area contributed by atoms with Crippen LogP contribution >= 0.6 is 0 Å². The van der Waals surface area contributed by atoms with E-state index in [4.69, 9.17) is 4.74 Å². The van der Waals surface area contributed by atoms with Crippen LogP contribution in [0.3, 0.4) is 0 Å². The molecular weight excluding hydrogens is 383 g/mol. The fraction of sp³-hybridized carbons (Fsp3) is 0.727. The molecule has 0 fully saturated rings. The van der Waals surface area contributed by atoms with Crippen molar-refractivity contribution in [2.75, 3.05) is 0 Å². The predicted octanol–water partition coefficient (Wildman–Crippen LogP) is 2.99. The van der Waals surface area contributed by atoms with Gasteiger partial charge in [-0.15, -0.1) is 0 Å². The summed E-state index contributed by atoms with van der Waals surface area (Å²) in [6.45, 7) is 7.43. The topological polar surface area (TPSA) is 66.4 Å². The molecule has 0 aliphatic rings. The minimum atomic E-state index is -4.57. The molecule has 0 amide bonds. The van der Waals surface area contributed by atoms with E-state index >= 15 is 0 Å². The van der Waals surface area contributed by atoms with Crippen LogP contribution in [0, 0.1) is 0 Å². The maximum absolute atomic E-state index is 11.7. The van der Waals surface area contributed by atoms with Crippen molar-refractivity contribution in [3.8, 4) is 5.75 Å². The van der Waals surface area contributed by atoms with Gasteiger partial charge in [-0.25, -0.2) is 8.42 Å². The number of hydrogen-bond acceptors (Lipinski definition) is 4. The normalized spacial score (nSPS) is 13.6. The van der Waals surface area contributed by atoms with Gasteiger partial charge in [0.15, 0.2) is 4.93 Å². The summed E-state index contributed by atoms with van der Waals surface area (Å²) in [7, 11) is -4.57. The Morgan fingerprint density at radius 2 is 1.50 bits per heavy atom. The van der Waals surface area contributed by atoms with Crippen molar-refractivity contribution in [3.63, 3.8) is 0 Å². The molecule has 1 aromatic carbocycles. The molecule has 0 bridgehead atoms. The van der Waals surface area contributed by atoms with Gasteiger partial charge in [0.25, 0.3) is 0 Å². The van der Waals surface area contributed by atoms with Crippen LogP contribution < -0.4 is 34.3 Å². The van der Waals surface area contributed by atoms with Gasteiger partial charge in [0, 0.05) is 0 Å². The first-order valence-corrected chi connectivity index (χ1v) is 11.9. The molecule has 1 aromatic rings. The van der Waals surface area contributed by atoms with Crippen molar-refractivity contribution in [2.24, 2.45) is 0 Å². The molecule has 0 spiro atoms. The molecule has 0 N–H and O–H groups in total. The van der Waals surface area contributed by atoms with Crippen LogP contribution in [0.2, 0.25) is 0 Å². The van der Waals surface area contributed by atoms with Crippen molar-refractivity contribution in [1.82, 2.24) is 0 Å². The molecular formula is C22H37NaO4S. The summed E-state index contributed by atoms with van der Waals surface area (Å²) in [6.07, 6.45) is 11.2. The van der Waals surface area contributed by atoms with Crippen molar-refractivity contribution >= 4 is 10.1 Å². The summed E-state index contributed by atoms with van der Waals surface area (Å²) in [5, 5.41) is 0. The molecule has 4 nitrogen and oxygen atoms in total. The maximum atomic E-state index is 11.7. The summed E-state index contributed by atoms with van der Waals surface area (Å²) in [4.78, 5) is -1.73. The van der Waals surface area contributed by atoms with Gasteiger partial charge in [-0.05, 0) is 56.2 Å². The first kappa shape index (κ1) is 27.9. The molecule has 1 unspecified atom stereocenters. The second-order valence-electron chi connectivity index (χ2n) is 7.56. The molecule has 0 aromatic heterocycles. The molecule has 0 heterocycles. The van der Waals surface area contributed by atoms with Gasteiger partial charge in [-0.1, -0.05) is 71.4 Å². The van der Waals surface area contributed by atoms with Gasteiger partial charge in [0.2, 0.25) is 0 Å². The molecule has 0 radical (unpaired) electrons. The molecule has 6 heteroatoms. The van der Waals surface area contributed by atoms with Crippen molar-refractivity contribution in [1.29, 1.82) is 0 Å². The Kier molecular flexibility index (Phi) is 14.0. The summed E-state index contributed by atoms with van der Waals surface area (Å²) in [5.41, 5.74) is 2.30. The quantitative estimate of drug-likeness (QED) is 0.264. The summed E-state index contributed by atoms with van der Waals surface area (Å²) < 4.78 is 41.1. The smallest absolute Gasteiger partial charge is 0.745 e. The Hall–Kier alpha value is -0.0700. The largest absolute Gasteiger partial charge is 1.00 e. The number of rotatable bonds is 14. The van der Waals surface area contributed by atoms with E-state index in [0.29, 0.717) is 5.75 Å². The van der Waals surface area contributed by atoms with E-state index in [1.807, 2.05) is 12.1 Å². The number of hydrogen-bond donors (Lipinski definition) is 0. The molecule has 0 aliphatic heterocycles. The first-order valence-electron chi connectivity index (χ1n) is 10.5. The van der Waals surface area contributed by atoms with E-state index in [1.165, 1.54) is 44.6 Å². The third-order valence-corrected chi connectivity index (χ3v) is 6.74. The van der Waals surface area contributed by atoms with Gasteiger partial charge >= 0.3 is 29.6 Å². The number of aryl methyl sites for hydroxylation is 1. The molecule has 0 aliphatic carbocycles. The van der Waals surface area contributed by atoms with Gasteiger partial charge in [-0.3, -0.25) is 0 Å². The van der Waals surface area contributed by atoms with E-state index in [9.17, 15) is 13.0 Å². The Morgan fingerprint density at radius 3 is 2.00 bits per heavy atom. The van der Waals surface area contributed by atoms with Crippen LogP contribution in [0.25, 0.3) is 0 Å². The Labute approximate surface area is 194 Å². The monoisotopic (exact) mass is 420 g/mol. The molecule has 1 atom stereocenters. The molecule has 28 heavy (non-hydrogen) atoms. The number of benzene rings is 1. The molecule has 1 rings (SSSR count). The van der Waals surface area contributed by atoms with Crippen LogP contribution in [0.15, 0.2) is 18.2 Å². The average Bonchev–Trinajstić information content (AvgIpc) is 2.62. The average molecular weight is 421 g/mol. The van der Waals surface area contributed by atoms with Crippen LogP contribution in [-0.2, 0) is 23.0 Å². The SMILES string of the molecule is CCCCCCc1cccc(OC(C)(CC)S(=O)(=O)[O-])c1CCCCCC.[Na+]. The van der Waals surface area contributed by atoms with Crippen LogP contribution in [0.1, 0.15) is 96.6 Å². The van der Waals surface area contributed by atoms with Crippen LogP contribution in [0.4, 0.5) is 0 Å². The van der Waals surface area contributed by atoms with E-state index in [1.54, 1.807) is 6.92 Å². The zero-order chi connectivity index (χ0) is 20.3. The van der Waals surface area contributed by atoms with Gasteiger partial charge in [0.1, 0.15) is 15.9 Å². The van der Waals surface area contributed by atoms with Crippen molar-refractivity contribution in [2.45, 2.75) is 103 Å². The van der Waals surface area contributed by atoms with Crippen molar-refractivity contribution in [3.05, 3.63) is 29.3 Å². The fourth-order valence-electron chi connectivity index (χ4n) is 3.23. The fourth-order valence-corrected chi connectivity index (χ4v) is 3.77. The van der Waals surface area contributed by atoms with Crippen LogP contribution in [-0.4, -0.2) is 17.9 Å². The van der Waals surface area contributed by atoms with Gasteiger partial charge in [-0.2, -0.15) is 0 Å². The summed E-state index contributed by atoms with van der Waals surface area (Å²) >= 11 is 0. The summed E-state index contributed by atoms with van der Waals surface area (Å²) in [6, 6.07) is 5.83. The van der Waals surface area contributed by atoms with Crippen molar-refractivity contribution < 1.29 is 47.3 Å². The zero-order valence-corrected chi connectivity index (χ0v) is 21.4. The van der Waals surface area contributed by atoms with Gasteiger partial charge < -0.3 is 9.29 Å². The van der Waals surface area contributed by atoms with E-state index < -0.39 is 15.1 Å². The third kappa shape index (κ3) is 8.74.